The van der Waals surface area contributed by atoms with Crippen LogP contribution in [0.2, 0.25) is 5.02 Å². The fraction of sp³-hybridized carbons (Fsp3) is 0.318. The topological polar surface area (TPSA) is 69.0 Å². The first-order valence-electron chi connectivity index (χ1n) is 10.0. The minimum atomic E-state index is -0.0282. The summed E-state index contributed by atoms with van der Waals surface area (Å²) in [6, 6.07) is 9.46. The number of halogens is 1. The monoisotopic (exact) mass is 424 g/mol. The van der Waals surface area contributed by atoms with Gasteiger partial charge in [-0.05, 0) is 48.7 Å². The summed E-state index contributed by atoms with van der Waals surface area (Å²) in [6.07, 6.45) is 7.24. The van der Waals surface area contributed by atoms with E-state index in [1.54, 1.807) is 18.2 Å². The van der Waals surface area contributed by atoms with Gasteiger partial charge in [0.1, 0.15) is 19.0 Å². The van der Waals surface area contributed by atoms with Crippen molar-refractivity contribution in [1.29, 1.82) is 0 Å². The molecule has 1 unspecified atom stereocenters. The molecule has 1 aromatic carbocycles. The predicted octanol–water partition coefficient (Wildman–Crippen LogP) is 3.57. The number of hydrogen-bond donors (Lipinski definition) is 0. The van der Waals surface area contributed by atoms with Crippen LogP contribution in [-0.2, 0) is 4.79 Å². The summed E-state index contributed by atoms with van der Waals surface area (Å²) in [5, 5.41) is 9.10. The molecule has 30 heavy (non-hydrogen) atoms. The number of pyridine rings is 1. The number of ether oxygens (including phenoxy) is 2. The smallest absolute Gasteiger partial charge is 0.246 e. The lowest BCUT2D eigenvalue weighted by Crippen LogP contribution is -2.38. The number of fused-ring (bicyclic) bond motifs is 2. The number of nitrogens with zero attached hydrogens (tertiary/aromatic N) is 4. The highest BCUT2D eigenvalue weighted by atomic mass is 35.5. The second-order valence-corrected chi connectivity index (χ2v) is 7.88. The molecule has 1 atom stereocenters. The van der Waals surface area contributed by atoms with Crippen LogP contribution in [0.25, 0.3) is 11.7 Å². The molecule has 0 saturated carbocycles. The van der Waals surface area contributed by atoms with E-state index in [-0.39, 0.29) is 11.8 Å². The Labute approximate surface area is 178 Å². The molecular weight excluding hydrogens is 404 g/mol. The fourth-order valence-corrected chi connectivity index (χ4v) is 4.30. The molecule has 154 valence electrons. The van der Waals surface area contributed by atoms with E-state index in [1.165, 1.54) is 0 Å². The van der Waals surface area contributed by atoms with Gasteiger partial charge in [0.05, 0.1) is 5.02 Å². The molecule has 8 heteroatoms. The number of carbonyl (C=O) groups is 1. The van der Waals surface area contributed by atoms with Crippen LogP contribution < -0.4 is 9.47 Å². The number of amides is 1. The molecule has 1 saturated heterocycles. The van der Waals surface area contributed by atoms with Gasteiger partial charge in [-0.25, -0.2) is 0 Å². The van der Waals surface area contributed by atoms with Crippen molar-refractivity contribution in [3.63, 3.8) is 0 Å². The van der Waals surface area contributed by atoms with Crippen molar-refractivity contribution >= 4 is 29.2 Å². The van der Waals surface area contributed by atoms with Crippen molar-refractivity contribution in [3.05, 3.63) is 59.0 Å². The average molecular weight is 425 g/mol. The molecule has 4 heterocycles. The van der Waals surface area contributed by atoms with Crippen molar-refractivity contribution in [2.75, 3.05) is 26.3 Å². The summed E-state index contributed by atoms with van der Waals surface area (Å²) in [4.78, 5) is 14.7. The van der Waals surface area contributed by atoms with Crippen LogP contribution in [0.3, 0.4) is 0 Å². The first-order valence-corrected chi connectivity index (χ1v) is 10.4. The minimum absolute atomic E-state index is 0.0282. The third-order valence-electron chi connectivity index (χ3n) is 5.48. The number of likely N-dealkylation sites (tertiary alicyclic amines) is 1. The number of aromatic nitrogens is 3. The maximum atomic E-state index is 12.8. The van der Waals surface area contributed by atoms with Crippen LogP contribution in [0.15, 0.2) is 42.6 Å². The van der Waals surface area contributed by atoms with Gasteiger partial charge in [0, 0.05) is 31.3 Å². The largest absolute Gasteiger partial charge is 0.486 e. The predicted molar refractivity (Wildman–Crippen MR) is 113 cm³/mol. The van der Waals surface area contributed by atoms with Crippen LogP contribution >= 0.6 is 11.6 Å². The summed E-state index contributed by atoms with van der Waals surface area (Å²) in [5.41, 5.74) is 1.63. The zero-order valence-electron chi connectivity index (χ0n) is 16.3. The highest BCUT2D eigenvalue weighted by Gasteiger charge is 2.27. The standard InChI is InChI=1S/C22H21ClN4O3/c23-17-12-15(13-18-21(17)30-11-10-29-18)6-7-20(28)26-8-3-4-16(14-26)22-25-24-19-5-1-2-9-27(19)22/h1-2,5-7,9,12-13,16H,3-4,8,10-11,14H2/b7-6+. The van der Waals surface area contributed by atoms with Gasteiger partial charge in [-0.15, -0.1) is 10.2 Å². The lowest BCUT2D eigenvalue weighted by molar-refractivity contribution is -0.127. The zero-order chi connectivity index (χ0) is 20.5. The molecule has 1 fully saturated rings. The van der Waals surface area contributed by atoms with Crippen molar-refractivity contribution in [2.45, 2.75) is 18.8 Å². The Morgan fingerprint density at radius 3 is 3.03 bits per heavy atom. The second-order valence-electron chi connectivity index (χ2n) is 7.47. The minimum Gasteiger partial charge on any atom is -0.486 e. The van der Waals surface area contributed by atoms with Crippen molar-refractivity contribution < 1.29 is 14.3 Å². The lowest BCUT2D eigenvalue weighted by atomic mass is 9.97. The molecule has 7 nitrogen and oxygen atoms in total. The summed E-state index contributed by atoms with van der Waals surface area (Å²) < 4.78 is 13.1. The number of piperidine rings is 1. The molecule has 5 rings (SSSR count). The van der Waals surface area contributed by atoms with Gasteiger partial charge < -0.3 is 14.4 Å². The average Bonchev–Trinajstić information content (AvgIpc) is 3.22. The van der Waals surface area contributed by atoms with E-state index >= 15 is 0 Å². The molecule has 1 amide bonds. The lowest BCUT2D eigenvalue weighted by Gasteiger charge is -2.31. The van der Waals surface area contributed by atoms with Gasteiger partial charge in [0.15, 0.2) is 17.1 Å². The van der Waals surface area contributed by atoms with E-state index in [2.05, 4.69) is 10.2 Å². The van der Waals surface area contributed by atoms with Crippen LogP contribution in [0.5, 0.6) is 11.5 Å². The summed E-state index contributed by atoms with van der Waals surface area (Å²) in [7, 11) is 0. The first kappa shape index (κ1) is 18.9. The Hall–Kier alpha value is -3.06. The molecule has 3 aromatic rings. The van der Waals surface area contributed by atoms with E-state index in [1.807, 2.05) is 39.8 Å². The van der Waals surface area contributed by atoms with E-state index in [0.29, 0.717) is 36.3 Å². The van der Waals surface area contributed by atoms with Crippen LogP contribution in [0.4, 0.5) is 0 Å². The summed E-state index contributed by atoms with van der Waals surface area (Å²) in [6.45, 7) is 2.33. The number of hydrogen-bond acceptors (Lipinski definition) is 5. The maximum Gasteiger partial charge on any atom is 0.246 e. The third-order valence-corrected chi connectivity index (χ3v) is 5.76. The molecule has 2 aliphatic heterocycles. The van der Waals surface area contributed by atoms with E-state index in [9.17, 15) is 4.79 Å². The number of benzene rings is 1. The Bertz CT molecular complexity index is 1130. The molecule has 0 bridgehead atoms. The number of carbonyl (C=O) groups excluding carboxylic acids is 1. The second kappa shape index (κ2) is 7.99. The van der Waals surface area contributed by atoms with Gasteiger partial charge in [-0.3, -0.25) is 9.20 Å². The van der Waals surface area contributed by atoms with Crippen LogP contribution in [-0.4, -0.2) is 51.7 Å². The number of rotatable bonds is 3. The normalized spacial score (nSPS) is 18.8. The summed E-state index contributed by atoms with van der Waals surface area (Å²) in [5.74, 6) is 2.21. The fourth-order valence-electron chi connectivity index (χ4n) is 4.03. The van der Waals surface area contributed by atoms with Crippen LogP contribution in [0.1, 0.15) is 30.1 Å². The van der Waals surface area contributed by atoms with Gasteiger partial charge >= 0.3 is 0 Å². The molecular formula is C22H21ClN4O3. The highest BCUT2D eigenvalue weighted by molar-refractivity contribution is 6.32. The van der Waals surface area contributed by atoms with Crippen molar-refractivity contribution in [3.8, 4) is 11.5 Å². The maximum absolute atomic E-state index is 12.8. The molecule has 0 radical (unpaired) electrons. The third kappa shape index (κ3) is 3.61. The Balaban J connectivity index is 1.31. The van der Waals surface area contributed by atoms with Crippen LogP contribution in [0, 0.1) is 0 Å². The van der Waals surface area contributed by atoms with E-state index in [4.69, 9.17) is 21.1 Å². The van der Waals surface area contributed by atoms with E-state index < -0.39 is 0 Å². The van der Waals surface area contributed by atoms with E-state index in [0.717, 1.165) is 36.4 Å². The van der Waals surface area contributed by atoms with Gasteiger partial charge in [0.25, 0.3) is 0 Å². The molecule has 0 aliphatic carbocycles. The highest BCUT2D eigenvalue weighted by Crippen LogP contribution is 2.38. The zero-order valence-corrected chi connectivity index (χ0v) is 17.1. The van der Waals surface area contributed by atoms with Crippen molar-refractivity contribution in [1.82, 2.24) is 19.5 Å². The molecule has 2 aromatic heterocycles. The Kier molecular flexibility index (Phi) is 5.04. The van der Waals surface area contributed by atoms with Crippen molar-refractivity contribution in [2.24, 2.45) is 0 Å². The molecule has 2 aliphatic rings. The van der Waals surface area contributed by atoms with Gasteiger partial charge in [-0.1, -0.05) is 17.7 Å². The first-order chi connectivity index (χ1) is 14.7. The molecule has 0 N–H and O–H groups in total. The Morgan fingerprint density at radius 2 is 2.10 bits per heavy atom. The molecule has 0 spiro atoms. The quantitative estimate of drug-likeness (QED) is 0.601. The summed E-state index contributed by atoms with van der Waals surface area (Å²) >= 11 is 6.29. The van der Waals surface area contributed by atoms with Gasteiger partial charge in [-0.2, -0.15) is 0 Å². The SMILES string of the molecule is O=C(/C=C/c1cc(Cl)c2c(c1)OCCO2)N1CCCC(c2nnc3ccccn23)C1. The van der Waals surface area contributed by atoms with Gasteiger partial charge in [0.2, 0.25) is 5.91 Å². The Morgan fingerprint density at radius 1 is 1.20 bits per heavy atom.